The normalized spacial score (nSPS) is 10.4. The number of benzene rings is 1. The van der Waals surface area contributed by atoms with E-state index in [0.717, 1.165) is 12.1 Å². The van der Waals surface area contributed by atoms with Crippen molar-refractivity contribution in [3.05, 3.63) is 35.4 Å². The second-order valence-corrected chi connectivity index (χ2v) is 3.35. The lowest BCUT2D eigenvalue weighted by Gasteiger charge is -2.03. The number of Topliss-reactive ketones (excluding diaryl/α,β-unsaturated/α-hetero) is 1. The summed E-state index contributed by atoms with van der Waals surface area (Å²) in [6, 6.07) is 2.97. The van der Waals surface area contributed by atoms with E-state index in [9.17, 15) is 13.6 Å². The third kappa shape index (κ3) is 3.70. The summed E-state index contributed by atoms with van der Waals surface area (Å²) in [7, 11) is 0. The van der Waals surface area contributed by atoms with Gasteiger partial charge in [0.25, 0.3) is 0 Å². The molecule has 1 rings (SSSR count). The molecular weight excluding hydrogens is 214 g/mol. The highest BCUT2D eigenvalue weighted by atomic mass is 19.1. The van der Waals surface area contributed by atoms with Crippen LogP contribution in [0.3, 0.4) is 0 Å². The number of rotatable bonds is 6. The molecule has 0 aromatic heterocycles. The first-order valence-electron chi connectivity index (χ1n) is 5.21. The van der Waals surface area contributed by atoms with Crippen LogP contribution in [0.25, 0.3) is 0 Å². The minimum absolute atomic E-state index is 0.0575. The first-order valence-corrected chi connectivity index (χ1v) is 5.21. The van der Waals surface area contributed by atoms with Crippen molar-refractivity contribution >= 4 is 5.78 Å². The minimum Gasteiger partial charge on any atom is -0.382 e. The van der Waals surface area contributed by atoms with Crippen molar-refractivity contribution in [1.82, 2.24) is 0 Å². The topological polar surface area (TPSA) is 26.3 Å². The van der Waals surface area contributed by atoms with Gasteiger partial charge >= 0.3 is 0 Å². The van der Waals surface area contributed by atoms with Crippen molar-refractivity contribution in [2.45, 2.75) is 19.8 Å². The summed E-state index contributed by atoms with van der Waals surface area (Å²) in [5.41, 5.74) is -0.0575. The molecule has 0 unspecified atom stereocenters. The molecule has 0 spiro atoms. The van der Waals surface area contributed by atoms with E-state index in [-0.39, 0.29) is 17.8 Å². The second kappa shape index (κ2) is 6.33. The van der Waals surface area contributed by atoms with Crippen LogP contribution in [0, 0.1) is 11.6 Å². The number of ketones is 1. The molecule has 0 saturated carbocycles. The van der Waals surface area contributed by atoms with E-state index in [4.69, 9.17) is 4.74 Å². The number of carbonyl (C=O) groups is 1. The largest absolute Gasteiger partial charge is 0.382 e. The van der Waals surface area contributed by atoms with Crippen molar-refractivity contribution in [2.75, 3.05) is 13.2 Å². The molecule has 2 nitrogen and oxygen atoms in total. The van der Waals surface area contributed by atoms with Gasteiger partial charge in [0.05, 0.1) is 5.56 Å². The Balaban J connectivity index is 2.53. The van der Waals surface area contributed by atoms with Crippen molar-refractivity contribution in [3.8, 4) is 0 Å². The number of carbonyl (C=O) groups excluding carboxylic acids is 1. The predicted molar refractivity (Wildman–Crippen MR) is 56.4 cm³/mol. The summed E-state index contributed by atoms with van der Waals surface area (Å²) in [6.45, 7) is 2.94. The van der Waals surface area contributed by atoms with E-state index in [1.54, 1.807) is 0 Å². The fourth-order valence-electron chi connectivity index (χ4n) is 1.33. The summed E-state index contributed by atoms with van der Waals surface area (Å²) < 4.78 is 30.8. The number of hydrogen-bond acceptors (Lipinski definition) is 2. The van der Waals surface area contributed by atoms with Crippen molar-refractivity contribution in [1.29, 1.82) is 0 Å². The van der Waals surface area contributed by atoms with Crippen LogP contribution in [0.15, 0.2) is 18.2 Å². The van der Waals surface area contributed by atoms with Crippen molar-refractivity contribution < 1.29 is 18.3 Å². The average Bonchev–Trinajstić information content (AvgIpc) is 2.24. The van der Waals surface area contributed by atoms with E-state index >= 15 is 0 Å². The molecule has 0 N–H and O–H groups in total. The third-order valence-electron chi connectivity index (χ3n) is 2.13. The molecule has 0 aliphatic heterocycles. The van der Waals surface area contributed by atoms with Gasteiger partial charge in [0.1, 0.15) is 11.6 Å². The Kier molecular flexibility index (Phi) is 5.05. The van der Waals surface area contributed by atoms with Crippen LogP contribution in [0.4, 0.5) is 8.78 Å². The number of hydrogen-bond donors (Lipinski definition) is 0. The van der Waals surface area contributed by atoms with Gasteiger partial charge in [-0.15, -0.1) is 0 Å². The van der Waals surface area contributed by atoms with Crippen molar-refractivity contribution in [3.63, 3.8) is 0 Å². The lowest BCUT2D eigenvalue weighted by atomic mass is 10.1. The Morgan fingerprint density at radius 3 is 2.75 bits per heavy atom. The average molecular weight is 228 g/mol. The predicted octanol–water partition coefficient (Wildman–Crippen LogP) is 2.96. The lowest BCUT2D eigenvalue weighted by molar-refractivity contribution is 0.0943. The van der Waals surface area contributed by atoms with Gasteiger partial charge in [-0.3, -0.25) is 4.79 Å². The molecule has 0 amide bonds. The lowest BCUT2D eigenvalue weighted by Crippen LogP contribution is -2.05. The van der Waals surface area contributed by atoms with E-state index < -0.39 is 11.6 Å². The smallest absolute Gasteiger partial charge is 0.165 e. The molecule has 1 aromatic carbocycles. The van der Waals surface area contributed by atoms with Gasteiger partial charge in [0.2, 0.25) is 0 Å². The molecule has 0 saturated heterocycles. The highest BCUT2D eigenvalue weighted by Crippen LogP contribution is 2.12. The van der Waals surface area contributed by atoms with Crippen LogP contribution in [-0.2, 0) is 4.74 Å². The SMILES string of the molecule is CCOCCCC(=O)c1ccc(F)cc1F. The summed E-state index contributed by atoms with van der Waals surface area (Å²) in [5.74, 6) is -1.80. The standard InChI is InChI=1S/C12H14F2O2/c1-2-16-7-3-4-12(15)10-6-5-9(13)8-11(10)14/h5-6,8H,2-4,7H2,1H3. The fourth-order valence-corrected chi connectivity index (χ4v) is 1.33. The number of halogens is 2. The zero-order valence-electron chi connectivity index (χ0n) is 9.13. The zero-order chi connectivity index (χ0) is 12.0. The van der Waals surface area contributed by atoms with Gasteiger partial charge < -0.3 is 4.74 Å². The molecule has 0 atom stereocenters. The number of ether oxygens (including phenoxy) is 1. The molecule has 0 aliphatic rings. The van der Waals surface area contributed by atoms with Crippen LogP contribution in [0.5, 0.6) is 0 Å². The fraction of sp³-hybridized carbons (Fsp3) is 0.417. The van der Waals surface area contributed by atoms with Gasteiger partial charge in [-0.05, 0) is 25.5 Å². The maximum Gasteiger partial charge on any atom is 0.165 e. The molecule has 1 aromatic rings. The zero-order valence-corrected chi connectivity index (χ0v) is 9.13. The molecule has 0 aliphatic carbocycles. The van der Waals surface area contributed by atoms with Gasteiger partial charge in [-0.2, -0.15) is 0 Å². The van der Waals surface area contributed by atoms with Gasteiger partial charge in [0, 0.05) is 25.7 Å². The Hall–Kier alpha value is -1.29. The monoisotopic (exact) mass is 228 g/mol. The second-order valence-electron chi connectivity index (χ2n) is 3.35. The first kappa shape index (κ1) is 12.8. The molecule has 88 valence electrons. The summed E-state index contributed by atoms with van der Waals surface area (Å²) in [5, 5.41) is 0. The quantitative estimate of drug-likeness (QED) is 0.552. The Morgan fingerprint density at radius 2 is 2.12 bits per heavy atom. The molecule has 0 radical (unpaired) electrons. The van der Waals surface area contributed by atoms with Crippen LogP contribution < -0.4 is 0 Å². The van der Waals surface area contributed by atoms with Crippen molar-refractivity contribution in [2.24, 2.45) is 0 Å². The maximum atomic E-state index is 13.2. The van der Waals surface area contributed by atoms with Crippen LogP contribution in [-0.4, -0.2) is 19.0 Å². The van der Waals surface area contributed by atoms with Crippen LogP contribution in [0.2, 0.25) is 0 Å². The molecular formula is C12H14F2O2. The maximum absolute atomic E-state index is 13.2. The summed E-state index contributed by atoms with van der Waals surface area (Å²) >= 11 is 0. The van der Waals surface area contributed by atoms with E-state index in [1.165, 1.54) is 6.07 Å². The van der Waals surface area contributed by atoms with E-state index in [0.29, 0.717) is 19.6 Å². The van der Waals surface area contributed by atoms with Crippen LogP contribution in [0.1, 0.15) is 30.1 Å². The molecule has 0 bridgehead atoms. The molecule has 0 heterocycles. The molecule has 0 fully saturated rings. The van der Waals surface area contributed by atoms with Gasteiger partial charge in [-0.25, -0.2) is 8.78 Å². The molecule has 16 heavy (non-hydrogen) atoms. The van der Waals surface area contributed by atoms with E-state index in [2.05, 4.69) is 0 Å². The van der Waals surface area contributed by atoms with Crippen LogP contribution >= 0.6 is 0 Å². The minimum atomic E-state index is -0.804. The van der Waals surface area contributed by atoms with Gasteiger partial charge in [0.15, 0.2) is 5.78 Å². The Labute approximate surface area is 93.2 Å². The highest BCUT2D eigenvalue weighted by Gasteiger charge is 2.11. The molecule has 4 heteroatoms. The van der Waals surface area contributed by atoms with E-state index in [1.807, 2.05) is 6.92 Å². The first-order chi connectivity index (χ1) is 7.65. The highest BCUT2D eigenvalue weighted by molar-refractivity contribution is 5.96. The van der Waals surface area contributed by atoms with Gasteiger partial charge in [-0.1, -0.05) is 0 Å². The Bertz CT molecular complexity index is 364. The summed E-state index contributed by atoms with van der Waals surface area (Å²) in [6.07, 6.45) is 0.756. The summed E-state index contributed by atoms with van der Waals surface area (Å²) in [4.78, 5) is 11.5. The third-order valence-corrected chi connectivity index (χ3v) is 2.13. The Morgan fingerprint density at radius 1 is 1.38 bits per heavy atom.